The van der Waals surface area contributed by atoms with Crippen LogP contribution in [0.4, 0.5) is 0 Å². The van der Waals surface area contributed by atoms with Crippen molar-refractivity contribution in [3.63, 3.8) is 0 Å². The second-order valence-corrected chi connectivity index (χ2v) is 6.35. The second-order valence-electron chi connectivity index (χ2n) is 5.32. The third-order valence-electron chi connectivity index (χ3n) is 3.57. The van der Waals surface area contributed by atoms with Gasteiger partial charge in [-0.1, -0.05) is 36.4 Å². The Kier molecular flexibility index (Phi) is 5.21. The summed E-state index contributed by atoms with van der Waals surface area (Å²) in [4.78, 5) is 13.0. The molecule has 3 rings (SSSR count). The van der Waals surface area contributed by atoms with E-state index >= 15 is 0 Å². The first-order chi connectivity index (χ1) is 11.3. The molecule has 0 radical (unpaired) electrons. The maximum absolute atomic E-state index is 11.8. The zero-order valence-electron chi connectivity index (χ0n) is 12.8. The van der Waals surface area contributed by atoms with Gasteiger partial charge in [-0.3, -0.25) is 9.48 Å². The lowest BCUT2D eigenvalue weighted by Crippen LogP contribution is -2.22. The van der Waals surface area contributed by atoms with E-state index in [0.717, 1.165) is 24.1 Å². The topological polar surface area (TPSA) is 46.9 Å². The summed E-state index contributed by atoms with van der Waals surface area (Å²) in [6.07, 6.45) is 5.20. The third kappa shape index (κ3) is 4.53. The number of hydrogen-bond donors (Lipinski definition) is 1. The number of aryl methyl sites for hydroxylation is 1. The van der Waals surface area contributed by atoms with Crippen LogP contribution in [0, 0.1) is 0 Å². The summed E-state index contributed by atoms with van der Waals surface area (Å²) in [7, 11) is 0. The van der Waals surface area contributed by atoms with Crippen molar-refractivity contribution in [3.8, 4) is 11.1 Å². The predicted octanol–water partition coefficient (Wildman–Crippen LogP) is 3.71. The van der Waals surface area contributed by atoms with Crippen LogP contribution in [0.2, 0.25) is 0 Å². The van der Waals surface area contributed by atoms with Crippen LogP contribution in [-0.2, 0) is 17.9 Å². The molecule has 4 nitrogen and oxygen atoms in total. The normalized spacial score (nSPS) is 10.6. The quantitative estimate of drug-likeness (QED) is 0.720. The van der Waals surface area contributed by atoms with Crippen molar-refractivity contribution in [2.45, 2.75) is 25.9 Å². The van der Waals surface area contributed by atoms with E-state index < -0.39 is 0 Å². The standard InChI is InChI=1S/C18H19N3OS/c22-18(19-13-17-8-5-11-23-17)9-4-10-21-14-16(12-20-21)15-6-2-1-3-7-15/h1-3,5-8,11-12,14H,4,9-10,13H2,(H,19,22). The zero-order chi connectivity index (χ0) is 15.9. The molecule has 2 heterocycles. The number of benzene rings is 1. The molecule has 1 aromatic carbocycles. The lowest BCUT2D eigenvalue weighted by molar-refractivity contribution is -0.121. The highest BCUT2D eigenvalue weighted by Crippen LogP contribution is 2.17. The Morgan fingerprint density at radius 1 is 1.13 bits per heavy atom. The van der Waals surface area contributed by atoms with Crippen LogP contribution in [0.5, 0.6) is 0 Å². The summed E-state index contributed by atoms with van der Waals surface area (Å²) in [6, 6.07) is 14.2. The number of nitrogens with zero attached hydrogens (tertiary/aromatic N) is 2. The Morgan fingerprint density at radius 2 is 2.00 bits per heavy atom. The van der Waals surface area contributed by atoms with Gasteiger partial charge < -0.3 is 5.32 Å². The first-order valence-corrected chi connectivity index (χ1v) is 8.56. The molecule has 0 aliphatic carbocycles. The fourth-order valence-corrected chi connectivity index (χ4v) is 3.00. The van der Waals surface area contributed by atoms with Gasteiger partial charge in [-0.2, -0.15) is 5.10 Å². The molecule has 23 heavy (non-hydrogen) atoms. The van der Waals surface area contributed by atoms with E-state index in [1.807, 2.05) is 52.8 Å². The summed E-state index contributed by atoms with van der Waals surface area (Å²) in [5, 5.41) is 9.32. The van der Waals surface area contributed by atoms with E-state index in [-0.39, 0.29) is 5.91 Å². The van der Waals surface area contributed by atoms with Gasteiger partial charge in [0.1, 0.15) is 0 Å². The first-order valence-electron chi connectivity index (χ1n) is 7.68. The van der Waals surface area contributed by atoms with Gasteiger partial charge in [0, 0.05) is 29.6 Å². The SMILES string of the molecule is O=C(CCCn1cc(-c2ccccc2)cn1)NCc1cccs1. The molecule has 2 aromatic heterocycles. The van der Waals surface area contributed by atoms with Gasteiger partial charge in [0.05, 0.1) is 12.7 Å². The van der Waals surface area contributed by atoms with Crippen molar-refractivity contribution >= 4 is 17.2 Å². The molecule has 118 valence electrons. The minimum Gasteiger partial charge on any atom is -0.351 e. The smallest absolute Gasteiger partial charge is 0.220 e. The Morgan fingerprint density at radius 3 is 2.78 bits per heavy atom. The molecule has 0 saturated carbocycles. The lowest BCUT2D eigenvalue weighted by Gasteiger charge is -2.04. The van der Waals surface area contributed by atoms with Gasteiger partial charge in [-0.25, -0.2) is 0 Å². The van der Waals surface area contributed by atoms with Crippen LogP contribution < -0.4 is 5.32 Å². The maximum Gasteiger partial charge on any atom is 0.220 e. The third-order valence-corrected chi connectivity index (χ3v) is 4.45. The molecule has 0 saturated heterocycles. The van der Waals surface area contributed by atoms with Crippen LogP contribution in [-0.4, -0.2) is 15.7 Å². The largest absolute Gasteiger partial charge is 0.351 e. The highest BCUT2D eigenvalue weighted by atomic mass is 32.1. The Bertz CT molecular complexity index is 735. The molecule has 0 spiro atoms. The van der Waals surface area contributed by atoms with Crippen LogP contribution in [0.25, 0.3) is 11.1 Å². The van der Waals surface area contributed by atoms with Crippen molar-refractivity contribution in [1.82, 2.24) is 15.1 Å². The minimum absolute atomic E-state index is 0.0915. The van der Waals surface area contributed by atoms with Crippen LogP contribution in [0.1, 0.15) is 17.7 Å². The number of amides is 1. The zero-order valence-corrected chi connectivity index (χ0v) is 13.6. The highest BCUT2D eigenvalue weighted by molar-refractivity contribution is 7.09. The van der Waals surface area contributed by atoms with Crippen LogP contribution in [0.15, 0.2) is 60.2 Å². The molecule has 1 amide bonds. The van der Waals surface area contributed by atoms with E-state index in [1.165, 1.54) is 4.88 Å². The summed E-state index contributed by atoms with van der Waals surface area (Å²) in [5.41, 5.74) is 2.26. The van der Waals surface area contributed by atoms with Gasteiger partial charge >= 0.3 is 0 Å². The van der Waals surface area contributed by atoms with E-state index in [4.69, 9.17) is 0 Å². The number of thiophene rings is 1. The van der Waals surface area contributed by atoms with E-state index in [0.29, 0.717) is 13.0 Å². The van der Waals surface area contributed by atoms with Crippen LogP contribution in [0.3, 0.4) is 0 Å². The Balaban J connectivity index is 1.42. The molecule has 0 atom stereocenters. The summed E-state index contributed by atoms with van der Waals surface area (Å²) < 4.78 is 1.90. The number of carbonyl (C=O) groups excluding carboxylic acids is 1. The molecule has 3 aromatic rings. The summed E-state index contributed by atoms with van der Waals surface area (Å²) in [6.45, 7) is 1.37. The monoisotopic (exact) mass is 325 g/mol. The predicted molar refractivity (Wildman–Crippen MR) is 93.1 cm³/mol. The van der Waals surface area contributed by atoms with Crippen molar-refractivity contribution in [2.24, 2.45) is 0 Å². The van der Waals surface area contributed by atoms with Gasteiger partial charge in [-0.15, -0.1) is 11.3 Å². The number of aromatic nitrogens is 2. The van der Waals surface area contributed by atoms with E-state index in [2.05, 4.69) is 22.5 Å². The maximum atomic E-state index is 11.8. The minimum atomic E-state index is 0.0915. The molecular formula is C18H19N3OS. The van der Waals surface area contributed by atoms with E-state index in [9.17, 15) is 4.79 Å². The Labute approximate surface area is 139 Å². The second kappa shape index (κ2) is 7.74. The molecule has 0 aliphatic rings. The van der Waals surface area contributed by atoms with Crippen LogP contribution >= 0.6 is 11.3 Å². The molecule has 0 unspecified atom stereocenters. The van der Waals surface area contributed by atoms with Gasteiger partial charge in [0.25, 0.3) is 0 Å². The van der Waals surface area contributed by atoms with Gasteiger partial charge in [0.2, 0.25) is 5.91 Å². The average Bonchev–Trinajstić information content (AvgIpc) is 3.26. The number of nitrogens with one attached hydrogen (secondary N) is 1. The molecule has 0 aliphatic heterocycles. The van der Waals surface area contributed by atoms with Crippen molar-refractivity contribution in [2.75, 3.05) is 0 Å². The number of hydrogen-bond acceptors (Lipinski definition) is 3. The molecule has 0 bridgehead atoms. The summed E-state index contributed by atoms with van der Waals surface area (Å²) in [5.74, 6) is 0.0915. The number of carbonyl (C=O) groups is 1. The fourth-order valence-electron chi connectivity index (χ4n) is 2.35. The van der Waals surface area contributed by atoms with Crippen molar-refractivity contribution < 1.29 is 4.79 Å². The molecule has 1 N–H and O–H groups in total. The molecule has 5 heteroatoms. The average molecular weight is 325 g/mol. The van der Waals surface area contributed by atoms with E-state index in [1.54, 1.807) is 11.3 Å². The lowest BCUT2D eigenvalue weighted by atomic mass is 10.1. The highest BCUT2D eigenvalue weighted by Gasteiger charge is 2.04. The van der Waals surface area contributed by atoms with Gasteiger partial charge in [-0.05, 0) is 23.4 Å². The Hall–Kier alpha value is -2.40. The molecule has 0 fully saturated rings. The fraction of sp³-hybridized carbons (Fsp3) is 0.222. The van der Waals surface area contributed by atoms with Crippen molar-refractivity contribution in [3.05, 3.63) is 65.1 Å². The number of rotatable bonds is 7. The summed E-state index contributed by atoms with van der Waals surface area (Å²) >= 11 is 1.66. The first kappa shape index (κ1) is 15.5. The van der Waals surface area contributed by atoms with Gasteiger partial charge in [0.15, 0.2) is 0 Å². The molecular weight excluding hydrogens is 306 g/mol. The van der Waals surface area contributed by atoms with Crippen molar-refractivity contribution in [1.29, 1.82) is 0 Å².